The molecule has 0 aliphatic carbocycles. The molecule has 8 heteroatoms. The number of nitrogens with zero attached hydrogens (tertiary/aromatic N) is 1. The number of carbonyl (C=O) groups excluding carboxylic acids is 2. The molecule has 1 fully saturated rings. The SMILES string of the molecule is O=C1CCCN(C(=O)C(F)(F)C(F)(F)F)C1. The number of hydrogen-bond donors (Lipinski definition) is 0. The van der Waals surface area contributed by atoms with Crippen LogP contribution < -0.4 is 0 Å². The lowest BCUT2D eigenvalue weighted by Gasteiger charge is -2.29. The molecule has 1 aliphatic rings. The summed E-state index contributed by atoms with van der Waals surface area (Å²) >= 11 is 0. The molecule has 0 saturated carbocycles. The fourth-order valence-electron chi connectivity index (χ4n) is 1.33. The molecule has 1 saturated heterocycles. The molecule has 0 atom stereocenters. The quantitative estimate of drug-likeness (QED) is 0.654. The fraction of sp³-hybridized carbons (Fsp3) is 0.750. The van der Waals surface area contributed by atoms with Gasteiger partial charge in [0, 0.05) is 13.0 Å². The lowest BCUT2D eigenvalue weighted by molar-refractivity contribution is -0.274. The first-order chi connectivity index (χ1) is 7.16. The topological polar surface area (TPSA) is 37.4 Å². The highest BCUT2D eigenvalue weighted by Crippen LogP contribution is 2.37. The summed E-state index contributed by atoms with van der Waals surface area (Å²) in [6, 6.07) is 0. The predicted molar refractivity (Wildman–Crippen MR) is 41.8 cm³/mol. The van der Waals surface area contributed by atoms with Crippen molar-refractivity contribution in [3.05, 3.63) is 0 Å². The Morgan fingerprint density at radius 1 is 1.19 bits per heavy atom. The molecule has 0 aromatic carbocycles. The zero-order chi connectivity index (χ0) is 12.6. The number of halogens is 5. The maximum atomic E-state index is 12.6. The molecule has 16 heavy (non-hydrogen) atoms. The summed E-state index contributed by atoms with van der Waals surface area (Å²) in [4.78, 5) is 22.0. The second-order valence-corrected chi connectivity index (χ2v) is 3.44. The predicted octanol–water partition coefficient (Wildman–Crippen LogP) is 1.38. The van der Waals surface area contributed by atoms with Gasteiger partial charge in [-0.05, 0) is 6.42 Å². The Labute approximate surface area is 87.2 Å². The van der Waals surface area contributed by atoms with E-state index in [-0.39, 0.29) is 24.3 Å². The van der Waals surface area contributed by atoms with Crippen molar-refractivity contribution < 1.29 is 31.5 Å². The van der Waals surface area contributed by atoms with Gasteiger partial charge in [0.25, 0.3) is 0 Å². The van der Waals surface area contributed by atoms with E-state index in [0.717, 1.165) is 0 Å². The van der Waals surface area contributed by atoms with Crippen molar-refractivity contribution in [2.24, 2.45) is 0 Å². The highest BCUT2D eigenvalue weighted by atomic mass is 19.4. The van der Waals surface area contributed by atoms with Crippen molar-refractivity contribution in [2.45, 2.75) is 24.9 Å². The molecule has 3 nitrogen and oxygen atoms in total. The second-order valence-electron chi connectivity index (χ2n) is 3.44. The van der Waals surface area contributed by atoms with E-state index in [1.165, 1.54) is 0 Å². The van der Waals surface area contributed by atoms with Gasteiger partial charge in [0.2, 0.25) is 0 Å². The van der Waals surface area contributed by atoms with E-state index < -0.39 is 30.3 Å². The van der Waals surface area contributed by atoms with Crippen LogP contribution in [0.3, 0.4) is 0 Å². The van der Waals surface area contributed by atoms with Crippen LogP contribution in [0.1, 0.15) is 12.8 Å². The summed E-state index contributed by atoms with van der Waals surface area (Å²) in [5.41, 5.74) is 0. The van der Waals surface area contributed by atoms with Gasteiger partial charge in [0.1, 0.15) is 0 Å². The van der Waals surface area contributed by atoms with Crippen LogP contribution in [0.25, 0.3) is 0 Å². The first kappa shape index (κ1) is 12.9. The molecule has 0 aromatic heterocycles. The highest BCUT2D eigenvalue weighted by Gasteiger charge is 2.64. The Balaban J connectivity index is 2.81. The van der Waals surface area contributed by atoms with E-state index in [0.29, 0.717) is 0 Å². The molecule has 1 heterocycles. The molecule has 92 valence electrons. The summed E-state index contributed by atoms with van der Waals surface area (Å²) in [5.74, 6) is -8.30. The van der Waals surface area contributed by atoms with Crippen LogP contribution in [0.2, 0.25) is 0 Å². The summed E-state index contributed by atoms with van der Waals surface area (Å²) in [5, 5.41) is 0. The minimum Gasteiger partial charge on any atom is -0.330 e. The first-order valence-corrected chi connectivity index (χ1v) is 4.42. The van der Waals surface area contributed by atoms with Crippen molar-refractivity contribution in [1.29, 1.82) is 0 Å². The van der Waals surface area contributed by atoms with E-state index in [4.69, 9.17) is 0 Å². The summed E-state index contributed by atoms with van der Waals surface area (Å²) in [7, 11) is 0. The number of amides is 1. The maximum absolute atomic E-state index is 12.6. The third-order valence-corrected chi connectivity index (χ3v) is 2.16. The number of rotatable bonds is 1. The molecular weight excluding hydrogens is 237 g/mol. The Morgan fingerprint density at radius 3 is 2.19 bits per heavy atom. The largest absolute Gasteiger partial charge is 0.463 e. The van der Waals surface area contributed by atoms with Gasteiger partial charge < -0.3 is 4.90 Å². The monoisotopic (exact) mass is 245 g/mol. The number of Topliss-reactive ketones (excluding diaryl/α,β-unsaturated/α-hetero) is 1. The van der Waals surface area contributed by atoms with E-state index in [1.54, 1.807) is 0 Å². The number of piperidine rings is 1. The van der Waals surface area contributed by atoms with Crippen molar-refractivity contribution in [3.8, 4) is 0 Å². The zero-order valence-corrected chi connectivity index (χ0v) is 7.98. The second kappa shape index (κ2) is 3.99. The van der Waals surface area contributed by atoms with Crippen LogP contribution in [-0.2, 0) is 9.59 Å². The molecular formula is C8H8F5NO2. The minimum atomic E-state index is -5.93. The fourth-order valence-corrected chi connectivity index (χ4v) is 1.33. The number of ketones is 1. The van der Waals surface area contributed by atoms with Gasteiger partial charge in [0.05, 0.1) is 6.54 Å². The normalized spacial score (nSPS) is 18.8. The molecule has 0 bridgehead atoms. The summed E-state index contributed by atoms with van der Waals surface area (Å²) < 4.78 is 60.8. The van der Waals surface area contributed by atoms with Crippen molar-refractivity contribution in [3.63, 3.8) is 0 Å². The number of hydrogen-bond acceptors (Lipinski definition) is 2. The Kier molecular flexibility index (Phi) is 3.20. The molecule has 0 aromatic rings. The Hall–Kier alpha value is -1.21. The van der Waals surface area contributed by atoms with Crippen LogP contribution in [0.15, 0.2) is 0 Å². The van der Waals surface area contributed by atoms with Crippen molar-refractivity contribution in [1.82, 2.24) is 4.90 Å². The van der Waals surface area contributed by atoms with Crippen LogP contribution >= 0.6 is 0 Å². The average molecular weight is 245 g/mol. The lowest BCUT2D eigenvalue weighted by atomic mass is 10.1. The van der Waals surface area contributed by atoms with Crippen LogP contribution in [0, 0.1) is 0 Å². The van der Waals surface area contributed by atoms with Gasteiger partial charge in [-0.3, -0.25) is 9.59 Å². The number of likely N-dealkylation sites (tertiary alicyclic amines) is 1. The molecule has 1 rings (SSSR count). The summed E-state index contributed by atoms with van der Waals surface area (Å²) in [6.45, 7) is -0.930. The molecule has 0 N–H and O–H groups in total. The first-order valence-electron chi connectivity index (χ1n) is 4.42. The molecule has 1 aliphatic heterocycles. The molecule has 0 unspecified atom stereocenters. The number of carbonyl (C=O) groups is 2. The smallest absolute Gasteiger partial charge is 0.330 e. The van der Waals surface area contributed by atoms with Gasteiger partial charge in [0.15, 0.2) is 5.78 Å². The van der Waals surface area contributed by atoms with E-state index in [9.17, 15) is 31.5 Å². The minimum absolute atomic E-state index is 0.0986. The standard InChI is InChI=1S/C8H8F5NO2/c9-7(10,8(11,12)13)6(16)14-3-1-2-5(15)4-14/h1-4H2. The maximum Gasteiger partial charge on any atom is 0.463 e. The van der Waals surface area contributed by atoms with Gasteiger partial charge in [-0.25, -0.2) is 0 Å². The van der Waals surface area contributed by atoms with E-state index in [2.05, 4.69) is 0 Å². The van der Waals surface area contributed by atoms with Gasteiger partial charge in [-0.15, -0.1) is 0 Å². The van der Waals surface area contributed by atoms with E-state index >= 15 is 0 Å². The molecule has 0 radical (unpaired) electrons. The number of alkyl halides is 5. The molecule has 1 amide bonds. The van der Waals surface area contributed by atoms with Crippen LogP contribution in [-0.4, -0.2) is 41.8 Å². The third-order valence-electron chi connectivity index (χ3n) is 2.16. The average Bonchev–Trinajstić information content (AvgIpc) is 2.14. The van der Waals surface area contributed by atoms with Gasteiger partial charge in [-0.2, -0.15) is 22.0 Å². The van der Waals surface area contributed by atoms with Crippen LogP contribution in [0.5, 0.6) is 0 Å². The van der Waals surface area contributed by atoms with Crippen molar-refractivity contribution >= 4 is 11.7 Å². The lowest BCUT2D eigenvalue weighted by Crippen LogP contribution is -2.54. The Bertz CT molecular complexity index is 312. The third kappa shape index (κ3) is 2.30. The molecule has 0 spiro atoms. The zero-order valence-electron chi connectivity index (χ0n) is 7.98. The summed E-state index contributed by atoms with van der Waals surface area (Å²) in [6.07, 6.45) is -5.72. The van der Waals surface area contributed by atoms with E-state index in [1.807, 2.05) is 0 Å². The van der Waals surface area contributed by atoms with Crippen molar-refractivity contribution in [2.75, 3.05) is 13.1 Å². The highest BCUT2D eigenvalue weighted by molar-refractivity contribution is 5.90. The van der Waals surface area contributed by atoms with Crippen LogP contribution in [0.4, 0.5) is 22.0 Å². The van der Waals surface area contributed by atoms with Gasteiger partial charge >= 0.3 is 18.0 Å². The van der Waals surface area contributed by atoms with Gasteiger partial charge in [-0.1, -0.05) is 0 Å². The Morgan fingerprint density at radius 2 is 1.75 bits per heavy atom.